The molecule has 0 saturated carbocycles. The van der Waals surface area contributed by atoms with Gasteiger partial charge in [0.05, 0.1) is 6.61 Å². The lowest BCUT2D eigenvalue weighted by Gasteiger charge is -2.15. The molecule has 0 bridgehead atoms. The topological polar surface area (TPSA) is 56.3 Å². The van der Waals surface area contributed by atoms with Gasteiger partial charge in [0.15, 0.2) is 0 Å². The Balaban J connectivity index is 2.28. The first-order chi connectivity index (χ1) is 7.72. The lowest BCUT2D eigenvalue weighted by Crippen LogP contribution is -2.29. The van der Waals surface area contributed by atoms with Crippen molar-refractivity contribution in [3.63, 3.8) is 0 Å². The number of hydrogen-bond acceptors (Lipinski definition) is 2. The van der Waals surface area contributed by atoms with Crippen molar-refractivity contribution in [3.8, 4) is 0 Å². The zero-order chi connectivity index (χ0) is 11.5. The molecule has 16 heavy (non-hydrogen) atoms. The summed E-state index contributed by atoms with van der Waals surface area (Å²) in [6.07, 6.45) is 1.84. The number of amides is 1. The summed E-state index contributed by atoms with van der Waals surface area (Å²) in [5.74, 6) is -0.0721. The third-order valence-electron chi connectivity index (χ3n) is 2.58. The smallest absolute Gasteiger partial charge is 0.253 e. The molecular weight excluding hydrogens is 204 g/mol. The molecule has 84 valence electrons. The predicted octanol–water partition coefficient (Wildman–Crippen LogP) is 1.23. The number of aliphatic hydroxyl groups excluding tert-OH is 1. The second-order valence-corrected chi connectivity index (χ2v) is 3.73. The molecule has 4 nitrogen and oxygen atoms in total. The number of fused-ring (bicyclic) bond motifs is 1. The molecule has 1 aromatic heterocycles. The molecule has 2 rings (SSSR count). The summed E-state index contributed by atoms with van der Waals surface area (Å²) < 4.78 is 0. The van der Waals surface area contributed by atoms with E-state index in [4.69, 9.17) is 5.11 Å². The van der Waals surface area contributed by atoms with Crippen molar-refractivity contribution < 1.29 is 9.90 Å². The Labute approximate surface area is 93.5 Å². The number of nitrogens with zero attached hydrogens (tertiary/aromatic N) is 1. The van der Waals surface area contributed by atoms with Gasteiger partial charge in [-0.25, -0.2) is 0 Å². The molecule has 2 N–H and O–H groups in total. The van der Waals surface area contributed by atoms with Gasteiger partial charge < -0.3 is 15.0 Å². The van der Waals surface area contributed by atoms with Gasteiger partial charge in [0.1, 0.15) is 0 Å². The van der Waals surface area contributed by atoms with Crippen LogP contribution in [0.15, 0.2) is 30.5 Å². The SMILES string of the molecule is CN(CCO)C(=O)c1ccc2[nH]ccc2c1. The summed E-state index contributed by atoms with van der Waals surface area (Å²) in [4.78, 5) is 16.5. The van der Waals surface area contributed by atoms with Crippen LogP contribution in [0.5, 0.6) is 0 Å². The van der Waals surface area contributed by atoms with Crippen LogP contribution in [0.25, 0.3) is 10.9 Å². The number of nitrogens with one attached hydrogen (secondary N) is 1. The minimum atomic E-state index is -0.0721. The Morgan fingerprint density at radius 2 is 2.25 bits per heavy atom. The van der Waals surface area contributed by atoms with Crippen LogP contribution in [-0.4, -0.2) is 41.1 Å². The number of H-pyrrole nitrogens is 1. The van der Waals surface area contributed by atoms with Crippen LogP contribution in [0.1, 0.15) is 10.4 Å². The quantitative estimate of drug-likeness (QED) is 0.814. The average Bonchev–Trinajstić information content (AvgIpc) is 2.75. The molecule has 2 aromatic rings. The number of hydrogen-bond donors (Lipinski definition) is 2. The van der Waals surface area contributed by atoms with E-state index in [9.17, 15) is 4.79 Å². The van der Waals surface area contributed by atoms with Gasteiger partial charge in [-0.2, -0.15) is 0 Å². The fourth-order valence-corrected chi connectivity index (χ4v) is 1.66. The van der Waals surface area contributed by atoms with Crippen molar-refractivity contribution in [1.82, 2.24) is 9.88 Å². The second kappa shape index (κ2) is 4.37. The highest BCUT2D eigenvalue weighted by Crippen LogP contribution is 2.15. The number of rotatable bonds is 3. The number of aromatic amines is 1. The van der Waals surface area contributed by atoms with E-state index in [0.29, 0.717) is 12.1 Å². The number of benzene rings is 1. The number of aliphatic hydroxyl groups is 1. The fraction of sp³-hybridized carbons (Fsp3) is 0.250. The molecule has 0 fully saturated rings. The van der Waals surface area contributed by atoms with E-state index in [1.165, 1.54) is 4.90 Å². The molecule has 0 saturated heterocycles. The monoisotopic (exact) mass is 218 g/mol. The van der Waals surface area contributed by atoms with Crippen molar-refractivity contribution in [1.29, 1.82) is 0 Å². The molecule has 0 unspecified atom stereocenters. The van der Waals surface area contributed by atoms with E-state index in [1.54, 1.807) is 13.1 Å². The summed E-state index contributed by atoms with van der Waals surface area (Å²) in [5.41, 5.74) is 1.66. The zero-order valence-electron chi connectivity index (χ0n) is 9.10. The van der Waals surface area contributed by atoms with Crippen LogP contribution in [0.4, 0.5) is 0 Å². The average molecular weight is 218 g/mol. The van der Waals surface area contributed by atoms with Crippen LogP contribution in [-0.2, 0) is 0 Å². The van der Waals surface area contributed by atoms with Gasteiger partial charge in [-0.3, -0.25) is 4.79 Å². The summed E-state index contributed by atoms with van der Waals surface area (Å²) in [6.45, 7) is 0.332. The lowest BCUT2D eigenvalue weighted by atomic mass is 10.1. The van der Waals surface area contributed by atoms with E-state index >= 15 is 0 Å². The standard InChI is InChI=1S/C12H14N2O2/c1-14(6-7-15)12(16)10-2-3-11-9(8-10)4-5-13-11/h2-5,8,13,15H,6-7H2,1H3. The van der Waals surface area contributed by atoms with E-state index in [-0.39, 0.29) is 12.5 Å². The molecule has 0 radical (unpaired) electrons. The van der Waals surface area contributed by atoms with Gasteiger partial charge in [-0.15, -0.1) is 0 Å². The second-order valence-electron chi connectivity index (χ2n) is 3.73. The van der Waals surface area contributed by atoms with Crippen LogP contribution in [0, 0.1) is 0 Å². The van der Waals surface area contributed by atoms with Gasteiger partial charge in [0, 0.05) is 36.3 Å². The molecule has 0 atom stereocenters. The highest BCUT2D eigenvalue weighted by molar-refractivity contribution is 5.97. The number of carbonyl (C=O) groups is 1. The fourth-order valence-electron chi connectivity index (χ4n) is 1.66. The summed E-state index contributed by atoms with van der Waals surface area (Å²) in [6, 6.07) is 7.45. The van der Waals surface area contributed by atoms with Crippen molar-refractivity contribution in [2.24, 2.45) is 0 Å². The molecule has 1 amide bonds. The molecule has 4 heteroatoms. The van der Waals surface area contributed by atoms with Gasteiger partial charge in [0.2, 0.25) is 0 Å². The maximum atomic E-state index is 11.9. The number of aromatic nitrogens is 1. The van der Waals surface area contributed by atoms with Gasteiger partial charge >= 0.3 is 0 Å². The summed E-state index contributed by atoms with van der Waals surface area (Å²) >= 11 is 0. The maximum absolute atomic E-state index is 11.9. The summed E-state index contributed by atoms with van der Waals surface area (Å²) in [7, 11) is 1.68. The molecular formula is C12H14N2O2. The third-order valence-corrected chi connectivity index (χ3v) is 2.58. The minimum Gasteiger partial charge on any atom is -0.395 e. The predicted molar refractivity (Wildman–Crippen MR) is 62.3 cm³/mol. The molecule has 1 heterocycles. The molecule has 1 aromatic carbocycles. The van der Waals surface area contributed by atoms with Crippen LogP contribution >= 0.6 is 0 Å². The van der Waals surface area contributed by atoms with Gasteiger partial charge in [-0.1, -0.05) is 0 Å². The lowest BCUT2D eigenvalue weighted by molar-refractivity contribution is 0.0767. The Morgan fingerprint density at radius 1 is 1.44 bits per heavy atom. The van der Waals surface area contributed by atoms with E-state index in [1.807, 2.05) is 24.4 Å². The van der Waals surface area contributed by atoms with Crippen LogP contribution < -0.4 is 0 Å². The molecule has 0 aliphatic rings. The normalized spacial score (nSPS) is 10.6. The molecule has 0 spiro atoms. The van der Waals surface area contributed by atoms with Crippen molar-refractivity contribution in [3.05, 3.63) is 36.0 Å². The van der Waals surface area contributed by atoms with E-state index < -0.39 is 0 Å². The zero-order valence-corrected chi connectivity index (χ0v) is 9.10. The first-order valence-electron chi connectivity index (χ1n) is 5.16. The van der Waals surface area contributed by atoms with Crippen LogP contribution in [0.3, 0.4) is 0 Å². The highest BCUT2D eigenvalue weighted by atomic mass is 16.3. The summed E-state index contributed by atoms with van der Waals surface area (Å²) in [5, 5.41) is 9.79. The minimum absolute atomic E-state index is 0.0192. The number of likely N-dealkylation sites (N-methyl/N-ethyl adjacent to an activating group) is 1. The van der Waals surface area contributed by atoms with E-state index in [2.05, 4.69) is 4.98 Å². The third kappa shape index (κ3) is 1.92. The molecule has 0 aliphatic heterocycles. The van der Waals surface area contributed by atoms with Crippen molar-refractivity contribution >= 4 is 16.8 Å². The Bertz CT molecular complexity index is 504. The Hall–Kier alpha value is -1.81. The van der Waals surface area contributed by atoms with Crippen molar-refractivity contribution in [2.75, 3.05) is 20.2 Å². The van der Waals surface area contributed by atoms with Gasteiger partial charge in [-0.05, 0) is 24.3 Å². The first kappa shape index (κ1) is 10.7. The Kier molecular flexibility index (Phi) is 2.92. The van der Waals surface area contributed by atoms with Gasteiger partial charge in [0.25, 0.3) is 5.91 Å². The molecule has 0 aliphatic carbocycles. The highest BCUT2D eigenvalue weighted by Gasteiger charge is 2.11. The van der Waals surface area contributed by atoms with Crippen molar-refractivity contribution in [2.45, 2.75) is 0 Å². The maximum Gasteiger partial charge on any atom is 0.253 e. The largest absolute Gasteiger partial charge is 0.395 e. The van der Waals surface area contributed by atoms with Crippen LogP contribution in [0.2, 0.25) is 0 Å². The first-order valence-corrected chi connectivity index (χ1v) is 5.16. The number of carbonyl (C=O) groups excluding carboxylic acids is 1. The van der Waals surface area contributed by atoms with E-state index in [0.717, 1.165) is 10.9 Å². The Morgan fingerprint density at radius 3 is 3.00 bits per heavy atom.